The topological polar surface area (TPSA) is 72.5 Å². The molecule has 0 aromatic heterocycles. The lowest BCUT2D eigenvalue weighted by molar-refractivity contribution is 0.0505. The molecule has 4 nitrogen and oxygen atoms in total. The number of benzene rings is 1. The molecule has 0 unspecified atom stereocenters. The van der Waals surface area contributed by atoms with Gasteiger partial charge in [0.05, 0.1) is 11.7 Å². The van der Waals surface area contributed by atoms with Crippen LogP contribution in [-0.2, 0) is 16.6 Å². The van der Waals surface area contributed by atoms with Crippen molar-refractivity contribution in [2.45, 2.75) is 37.8 Å². The molecule has 3 N–H and O–H groups in total. The van der Waals surface area contributed by atoms with Gasteiger partial charge < -0.3 is 15.6 Å². The number of fused-ring (bicyclic) bond motifs is 1. The molecule has 0 bridgehead atoms. The molecular formula is C14H19NO3. The smallest absolute Gasteiger partial charge is 0.335 e. The lowest BCUT2D eigenvalue weighted by Crippen LogP contribution is -2.54. The SMILES string of the molecule is CO[C@@H]1Cc2ccc(C(=O)O)cc2C(C)(C)[C@H]1N. The summed E-state index contributed by atoms with van der Waals surface area (Å²) < 4.78 is 5.43. The van der Waals surface area contributed by atoms with E-state index in [1.807, 2.05) is 19.9 Å². The van der Waals surface area contributed by atoms with Crippen molar-refractivity contribution >= 4 is 5.97 Å². The minimum atomic E-state index is -0.906. The van der Waals surface area contributed by atoms with Gasteiger partial charge in [0.1, 0.15) is 0 Å². The highest BCUT2D eigenvalue weighted by atomic mass is 16.5. The summed E-state index contributed by atoms with van der Waals surface area (Å²) in [5.74, 6) is -0.906. The van der Waals surface area contributed by atoms with Crippen LogP contribution in [-0.4, -0.2) is 30.3 Å². The molecule has 0 saturated carbocycles. The molecular weight excluding hydrogens is 230 g/mol. The van der Waals surface area contributed by atoms with Crippen LogP contribution >= 0.6 is 0 Å². The second kappa shape index (κ2) is 4.37. The number of methoxy groups -OCH3 is 1. The highest BCUT2D eigenvalue weighted by Gasteiger charge is 2.40. The number of aromatic carboxylic acids is 1. The van der Waals surface area contributed by atoms with Crippen LogP contribution in [0.3, 0.4) is 0 Å². The first-order valence-electron chi connectivity index (χ1n) is 6.03. The monoisotopic (exact) mass is 249 g/mol. The standard InChI is InChI=1S/C14H19NO3/c1-14(2)10-6-9(13(16)17)5-4-8(10)7-11(18-3)12(14)15/h4-6,11-12H,7,15H2,1-3H3,(H,16,17)/t11-,12+/m1/s1. The Hall–Kier alpha value is -1.39. The van der Waals surface area contributed by atoms with Crippen molar-refractivity contribution < 1.29 is 14.6 Å². The van der Waals surface area contributed by atoms with Crippen LogP contribution in [0, 0.1) is 0 Å². The molecule has 4 heteroatoms. The lowest BCUT2D eigenvalue weighted by Gasteiger charge is -2.42. The summed E-state index contributed by atoms with van der Waals surface area (Å²) in [5.41, 5.74) is 8.39. The molecule has 0 amide bonds. The largest absolute Gasteiger partial charge is 0.478 e. The first-order valence-corrected chi connectivity index (χ1v) is 6.03. The third-order valence-corrected chi connectivity index (χ3v) is 4.01. The molecule has 2 rings (SSSR count). The summed E-state index contributed by atoms with van der Waals surface area (Å²) in [7, 11) is 1.66. The molecule has 1 aliphatic rings. The van der Waals surface area contributed by atoms with Crippen LogP contribution in [0.1, 0.15) is 35.3 Å². The number of nitrogens with two attached hydrogens (primary N) is 1. The van der Waals surface area contributed by atoms with E-state index in [0.717, 1.165) is 17.5 Å². The van der Waals surface area contributed by atoms with Crippen LogP contribution in [0.4, 0.5) is 0 Å². The van der Waals surface area contributed by atoms with Gasteiger partial charge in [-0.15, -0.1) is 0 Å². The normalized spacial score (nSPS) is 25.6. The quantitative estimate of drug-likeness (QED) is 0.834. The summed E-state index contributed by atoms with van der Waals surface area (Å²) in [4.78, 5) is 11.0. The van der Waals surface area contributed by atoms with E-state index in [2.05, 4.69) is 0 Å². The zero-order chi connectivity index (χ0) is 13.5. The number of carboxylic acid groups (broad SMARTS) is 1. The zero-order valence-corrected chi connectivity index (χ0v) is 10.9. The lowest BCUT2D eigenvalue weighted by atomic mass is 9.68. The van der Waals surface area contributed by atoms with Crippen molar-refractivity contribution in [3.63, 3.8) is 0 Å². The van der Waals surface area contributed by atoms with Gasteiger partial charge >= 0.3 is 5.97 Å². The maximum atomic E-state index is 11.0. The Labute approximate surface area is 107 Å². The fourth-order valence-corrected chi connectivity index (χ4v) is 2.71. The second-order valence-electron chi connectivity index (χ2n) is 5.40. The van der Waals surface area contributed by atoms with Crippen LogP contribution in [0.25, 0.3) is 0 Å². The van der Waals surface area contributed by atoms with Crippen molar-refractivity contribution in [2.75, 3.05) is 7.11 Å². The van der Waals surface area contributed by atoms with Crippen LogP contribution < -0.4 is 5.73 Å². The average molecular weight is 249 g/mol. The van der Waals surface area contributed by atoms with Crippen molar-refractivity contribution in [1.29, 1.82) is 0 Å². The van der Waals surface area contributed by atoms with Crippen LogP contribution in [0.5, 0.6) is 0 Å². The Morgan fingerprint density at radius 2 is 2.17 bits per heavy atom. The molecule has 0 heterocycles. The Morgan fingerprint density at radius 1 is 1.50 bits per heavy atom. The molecule has 0 fully saturated rings. The van der Waals surface area contributed by atoms with E-state index >= 15 is 0 Å². The molecule has 0 spiro atoms. The highest BCUT2D eigenvalue weighted by Crippen LogP contribution is 2.37. The fraction of sp³-hybridized carbons (Fsp3) is 0.500. The highest BCUT2D eigenvalue weighted by molar-refractivity contribution is 5.88. The van der Waals surface area contributed by atoms with Gasteiger partial charge in [0.2, 0.25) is 0 Å². The molecule has 0 radical (unpaired) electrons. The second-order valence-corrected chi connectivity index (χ2v) is 5.40. The number of carboxylic acids is 1. The van der Waals surface area contributed by atoms with E-state index in [0.29, 0.717) is 5.56 Å². The summed E-state index contributed by atoms with van der Waals surface area (Å²) in [6, 6.07) is 5.11. The average Bonchev–Trinajstić information content (AvgIpc) is 2.33. The maximum absolute atomic E-state index is 11.0. The predicted octanol–water partition coefficient (Wildman–Crippen LogP) is 1.56. The van der Waals surface area contributed by atoms with E-state index in [4.69, 9.17) is 15.6 Å². The number of carbonyl (C=O) groups is 1. The van der Waals surface area contributed by atoms with Gasteiger partial charge in [0.15, 0.2) is 0 Å². The van der Waals surface area contributed by atoms with Crippen molar-refractivity contribution in [3.8, 4) is 0 Å². The van der Waals surface area contributed by atoms with E-state index in [1.54, 1.807) is 19.2 Å². The van der Waals surface area contributed by atoms with E-state index in [1.165, 1.54) is 0 Å². The van der Waals surface area contributed by atoms with Gasteiger partial charge in [0.25, 0.3) is 0 Å². The molecule has 1 aromatic carbocycles. The van der Waals surface area contributed by atoms with E-state index in [-0.39, 0.29) is 17.6 Å². The van der Waals surface area contributed by atoms with Crippen molar-refractivity contribution in [1.82, 2.24) is 0 Å². The Balaban J connectivity index is 2.53. The van der Waals surface area contributed by atoms with Crippen LogP contribution in [0.15, 0.2) is 18.2 Å². The molecule has 18 heavy (non-hydrogen) atoms. The summed E-state index contributed by atoms with van der Waals surface area (Å²) >= 11 is 0. The van der Waals surface area contributed by atoms with Gasteiger partial charge in [0, 0.05) is 25.0 Å². The van der Waals surface area contributed by atoms with E-state index < -0.39 is 5.97 Å². The van der Waals surface area contributed by atoms with Gasteiger partial charge in [-0.05, 0) is 23.3 Å². The number of ether oxygens (including phenoxy) is 1. The summed E-state index contributed by atoms with van der Waals surface area (Å²) in [6.07, 6.45) is 0.708. The van der Waals surface area contributed by atoms with E-state index in [9.17, 15) is 4.79 Å². The molecule has 1 aliphatic carbocycles. The third kappa shape index (κ3) is 1.91. The van der Waals surface area contributed by atoms with Gasteiger partial charge in [-0.1, -0.05) is 19.9 Å². The van der Waals surface area contributed by atoms with Gasteiger partial charge in [-0.2, -0.15) is 0 Å². The molecule has 98 valence electrons. The summed E-state index contributed by atoms with van der Waals surface area (Å²) in [5, 5.41) is 9.06. The fourth-order valence-electron chi connectivity index (χ4n) is 2.71. The zero-order valence-electron chi connectivity index (χ0n) is 10.9. The van der Waals surface area contributed by atoms with Gasteiger partial charge in [-0.25, -0.2) is 4.79 Å². The predicted molar refractivity (Wildman–Crippen MR) is 68.9 cm³/mol. The first kappa shape index (κ1) is 13.1. The molecule has 0 aliphatic heterocycles. The number of rotatable bonds is 2. The van der Waals surface area contributed by atoms with Crippen LogP contribution in [0.2, 0.25) is 0 Å². The summed E-state index contributed by atoms with van der Waals surface area (Å²) in [6.45, 7) is 4.07. The Kier molecular flexibility index (Phi) is 3.17. The number of hydrogen-bond acceptors (Lipinski definition) is 3. The molecule has 0 saturated heterocycles. The minimum absolute atomic E-state index is 0.0248. The van der Waals surface area contributed by atoms with Gasteiger partial charge in [-0.3, -0.25) is 0 Å². The molecule has 1 aromatic rings. The Morgan fingerprint density at radius 3 is 2.72 bits per heavy atom. The number of hydrogen-bond donors (Lipinski definition) is 2. The van der Waals surface area contributed by atoms with Crippen molar-refractivity contribution in [2.24, 2.45) is 5.73 Å². The Bertz CT molecular complexity index is 482. The molecule has 2 atom stereocenters. The van der Waals surface area contributed by atoms with Crippen molar-refractivity contribution in [3.05, 3.63) is 34.9 Å². The minimum Gasteiger partial charge on any atom is -0.478 e. The maximum Gasteiger partial charge on any atom is 0.335 e. The third-order valence-electron chi connectivity index (χ3n) is 4.01. The first-order chi connectivity index (χ1) is 8.37.